The van der Waals surface area contributed by atoms with Crippen molar-refractivity contribution in [1.82, 2.24) is 25.0 Å². The van der Waals surface area contributed by atoms with Crippen molar-refractivity contribution in [1.29, 1.82) is 0 Å². The third-order valence-electron chi connectivity index (χ3n) is 2.45. The van der Waals surface area contributed by atoms with Crippen LogP contribution < -0.4 is 5.32 Å². The third kappa shape index (κ3) is 1.57. The first-order chi connectivity index (χ1) is 8.25. The summed E-state index contributed by atoms with van der Waals surface area (Å²) in [5.74, 6) is 0.712. The number of rotatable bonds is 2. The molecule has 0 amide bonds. The number of benzene rings is 1. The van der Waals surface area contributed by atoms with E-state index in [4.69, 9.17) is 0 Å². The number of anilines is 1. The molecule has 0 radical (unpaired) electrons. The zero-order valence-corrected chi connectivity index (χ0v) is 9.62. The molecule has 86 valence electrons. The molecule has 0 unspecified atom stereocenters. The second kappa shape index (κ2) is 3.65. The van der Waals surface area contributed by atoms with E-state index in [9.17, 15) is 0 Å². The second-order valence-corrected chi connectivity index (χ2v) is 4.16. The highest BCUT2D eigenvalue weighted by Gasteiger charge is 2.11. The Morgan fingerprint density at radius 3 is 2.88 bits per heavy atom. The first kappa shape index (κ1) is 9.95. The topological polar surface area (TPSA) is 68.0 Å². The molecule has 0 aliphatic rings. The van der Waals surface area contributed by atoms with Crippen LogP contribution in [0.3, 0.4) is 0 Å². The molecular weight excluding hydrogens is 216 g/mol. The summed E-state index contributed by atoms with van der Waals surface area (Å²) in [6, 6.07) is 8.07. The van der Waals surface area contributed by atoms with Gasteiger partial charge < -0.3 is 5.32 Å². The van der Waals surface area contributed by atoms with Crippen LogP contribution in [0.4, 0.5) is 5.82 Å². The Hall–Kier alpha value is -2.24. The van der Waals surface area contributed by atoms with Gasteiger partial charge in [0.1, 0.15) is 0 Å². The predicted molar refractivity (Wildman–Crippen MR) is 64.8 cm³/mol. The smallest absolute Gasteiger partial charge is 0.222 e. The number of nitrogens with zero attached hydrogens (tertiary/aromatic N) is 5. The second-order valence-electron chi connectivity index (χ2n) is 4.16. The van der Waals surface area contributed by atoms with Crippen molar-refractivity contribution in [3.63, 3.8) is 0 Å². The third-order valence-corrected chi connectivity index (χ3v) is 2.45. The largest absolute Gasteiger partial charge is 0.365 e. The molecule has 0 saturated heterocycles. The van der Waals surface area contributed by atoms with Crippen molar-refractivity contribution < 1.29 is 0 Å². The van der Waals surface area contributed by atoms with E-state index in [0.29, 0.717) is 11.5 Å². The standard InChI is InChI=1S/C11H12N6/c1-7(2)12-10-11-14-15-16-17(11)9-6-4-3-5-8(9)13-10/h3-7H,1-2H3,(H,12,13). The highest BCUT2D eigenvalue weighted by molar-refractivity contribution is 5.81. The first-order valence-electron chi connectivity index (χ1n) is 5.49. The Balaban J connectivity index is 2.35. The summed E-state index contributed by atoms with van der Waals surface area (Å²) >= 11 is 0. The summed E-state index contributed by atoms with van der Waals surface area (Å²) in [5, 5.41) is 14.9. The van der Waals surface area contributed by atoms with Crippen LogP contribution in [0.15, 0.2) is 24.3 Å². The van der Waals surface area contributed by atoms with Crippen LogP contribution in [-0.2, 0) is 0 Å². The predicted octanol–water partition coefficient (Wildman–Crippen LogP) is 1.49. The SMILES string of the molecule is CC(C)Nc1nc2ccccc2n2nnnc12. The quantitative estimate of drug-likeness (QED) is 0.719. The number of hydrogen-bond donors (Lipinski definition) is 1. The van der Waals surface area contributed by atoms with E-state index in [1.54, 1.807) is 4.52 Å². The molecule has 6 nitrogen and oxygen atoms in total. The zero-order valence-electron chi connectivity index (χ0n) is 9.62. The van der Waals surface area contributed by atoms with Gasteiger partial charge in [-0.05, 0) is 36.4 Å². The van der Waals surface area contributed by atoms with Crippen molar-refractivity contribution in [2.75, 3.05) is 5.32 Å². The summed E-state index contributed by atoms with van der Waals surface area (Å²) in [6.07, 6.45) is 0. The maximum absolute atomic E-state index is 4.54. The maximum Gasteiger partial charge on any atom is 0.222 e. The lowest BCUT2D eigenvalue weighted by molar-refractivity contribution is 0.839. The fourth-order valence-electron chi connectivity index (χ4n) is 1.78. The Morgan fingerprint density at radius 2 is 2.06 bits per heavy atom. The van der Waals surface area contributed by atoms with Gasteiger partial charge in [-0.3, -0.25) is 0 Å². The molecule has 0 bridgehead atoms. The number of aromatic nitrogens is 5. The summed E-state index contributed by atoms with van der Waals surface area (Å²) in [5.41, 5.74) is 2.43. The van der Waals surface area contributed by atoms with Crippen LogP contribution in [0.1, 0.15) is 13.8 Å². The van der Waals surface area contributed by atoms with Gasteiger partial charge >= 0.3 is 0 Å². The Kier molecular flexibility index (Phi) is 2.14. The molecule has 3 rings (SSSR count). The Labute approximate surface area is 97.7 Å². The lowest BCUT2D eigenvalue weighted by atomic mass is 10.3. The highest BCUT2D eigenvalue weighted by Crippen LogP contribution is 2.18. The number of hydrogen-bond acceptors (Lipinski definition) is 5. The van der Waals surface area contributed by atoms with Crippen LogP contribution in [-0.4, -0.2) is 31.1 Å². The van der Waals surface area contributed by atoms with Crippen molar-refractivity contribution >= 4 is 22.5 Å². The maximum atomic E-state index is 4.54. The zero-order chi connectivity index (χ0) is 11.8. The molecule has 1 aromatic carbocycles. The van der Waals surface area contributed by atoms with Crippen molar-refractivity contribution in [3.8, 4) is 0 Å². The molecular formula is C11H12N6. The molecule has 6 heteroatoms. The lowest BCUT2D eigenvalue weighted by Gasteiger charge is -2.10. The minimum Gasteiger partial charge on any atom is -0.365 e. The highest BCUT2D eigenvalue weighted by atomic mass is 15.5. The van der Waals surface area contributed by atoms with E-state index in [1.807, 2.05) is 24.3 Å². The fourth-order valence-corrected chi connectivity index (χ4v) is 1.78. The van der Waals surface area contributed by atoms with E-state index >= 15 is 0 Å². The van der Waals surface area contributed by atoms with Gasteiger partial charge in [-0.2, -0.15) is 4.52 Å². The number of tetrazole rings is 1. The molecule has 2 aromatic heterocycles. The molecule has 0 aliphatic heterocycles. The van der Waals surface area contributed by atoms with Crippen LogP contribution in [0.5, 0.6) is 0 Å². The van der Waals surface area contributed by atoms with E-state index in [2.05, 4.69) is 39.7 Å². The van der Waals surface area contributed by atoms with Gasteiger partial charge in [0, 0.05) is 6.04 Å². The van der Waals surface area contributed by atoms with Crippen LogP contribution in [0, 0.1) is 0 Å². The number of para-hydroxylation sites is 2. The lowest BCUT2D eigenvalue weighted by Crippen LogP contribution is -2.12. The summed E-state index contributed by atoms with van der Waals surface area (Å²) in [7, 11) is 0. The van der Waals surface area contributed by atoms with E-state index in [-0.39, 0.29) is 6.04 Å². The van der Waals surface area contributed by atoms with Gasteiger partial charge in [-0.15, -0.1) is 5.10 Å². The molecule has 0 aliphatic carbocycles. The molecule has 0 saturated carbocycles. The minimum absolute atomic E-state index is 0.282. The minimum atomic E-state index is 0.282. The molecule has 1 N–H and O–H groups in total. The van der Waals surface area contributed by atoms with Gasteiger partial charge in [0.2, 0.25) is 5.65 Å². The molecule has 2 heterocycles. The summed E-state index contributed by atoms with van der Waals surface area (Å²) in [4.78, 5) is 4.54. The average molecular weight is 228 g/mol. The van der Waals surface area contributed by atoms with E-state index in [1.165, 1.54) is 0 Å². The normalized spacial score (nSPS) is 11.5. The first-order valence-corrected chi connectivity index (χ1v) is 5.49. The molecule has 3 aromatic rings. The summed E-state index contributed by atoms with van der Waals surface area (Å²) in [6.45, 7) is 4.11. The Bertz CT molecular complexity index is 672. The van der Waals surface area contributed by atoms with Gasteiger partial charge in [0.15, 0.2) is 5.82 Å². The van der Waals surface area contributed by atoms with Gasteiger partial charge in [-0.1, -0.05) is 12.1 Å². The number of fused-ring (bicyclic) bond motifs is 3. The average Bonchev–Trinajstić information content (AvgIpc) is 2.78. The molecule has 0 fully saturated rings. The fraction of sp³-hybridized carbons (Fsp3) is 0.273. The van der Waals surface area contributed by atoms with Gasteiger partial charge in [0.05, 0.1) is 11.0 Å². The molecule has 0 spiro atoms. The summed E-state index contributed by atoms with van der Waals surface area (Å²) < 4.78 is 1.70. The molecule has 0 atom stereocenters. The van der Waals surface area contributed by atoms with E-state index < -0.39 is 0 Å². The Morgan fingerprint density at radius 1 is 1.24 bits per heavy atom. The van der Waals surface area contributed by atoms with Crippen molar-refractivity contribution in [3.05, 3.63) is 24.3 Å². The van der Waals surface area contributed by atoms with Gasteiger partial charge in [0.25, 0.3) is 0 Å². The van der Waals surface area contributed by atoms with Crippen LogP contribution in [0.25, 0.3) is 16.7 Å². The van der Waals surface area contributed by atoms with Crippen molar-refractivity contribution in [2.45, 2.75) is 19.9 Å². The van der Waals surface area contributed by atoms with Gasteiger partial charge in [-0.25, -0.2) is 4.98 Å². The van der Waals surface area contributed by atoms with Crippen LogP contribution in [0.2, 0.25) is 0 Å². The van der Waals surface area contributed by atoms with Crippen molar-refractivity contribution in [2.24, 2.45) is 0 Å². The monoisotopic (exact) mass is 228 g/mol. The van der Waals surface area contributed by atoms with Crippen LogP contribution >= 0.6 is 0 Å². The number of nitrogens with one attached hydrogen (secondary N) is 1. The molecule has 17 heavy (non-hydrogen) atoms. The van der Waals surface area contributed by atoms with E-state index in [0.717, 1.165) is 11.0 Å².